The second-order valence-electron chi connectivity index (χ2n) is 3.93. The van der Waals surface area contributed by atoms with Crippen LogP contribution in [0.4, 0.5) is 0 Å². The van der Waals surface area contributed by atoms with Crippen LogP contribution in [0, 0.1) is 11.3 Å². The zero-order valence-corrected chi connectivity index (χ0v) is 11.2. The van der Waals surface area contributed by atoms with Crippen LogP contribution in [-0.2, 0) is 14.8 Å². The van der Waals surface area contributed by atoms with Crippen molar-refractivity contribution < 1.29 is 13.2 Å². The van der Waals surface area contributed by atoms with Gasteiger partial charge in [0.2, 0.25) is 10.0 Å². The summed E-state index contributed by atoms with van der Waals surface area (Å²) in [5.41, 5.74) is 0.134. The van der Waals surface area contributed by atoms with Gasteiger partial charge in [-0.15, -0.1) is 0 Å². The highest BCUT2D eigenvalue weighted by Gasteiger charge is 2.17. The quantitative estimate of drug-likeness (QED) is 0.788. The van der Waals surface area contributed by atoms with E-state index < -0.39 is 10.0 Å². The van der Waals surface area contributed by atoms with Crippen LogP contribution in [-0.4, -0.2) is 27.7 Å². The molecule has 0 saturated carbocycles. The first kappa shape index (κ1) is 14.6. The second-order valence-corrected chi connectivity index (χ2v) is 5.66. The molecule has 0 heterocycles. The van der Waals surface area contributed by atoms with Gasteiger partial charge in [-0.3, -0.25) is 0 Å². The predicted molar refractivity (Wildman–Crippen MR) is 67.4 cm³/mol. The third-order valence-electron chi connectivity index (χ3n) is 2.14. The van der Waals surface area contributed by atoms with Crippen molar-refractivity contribution in [2.45, 2.75) is 24.8 Å². The molecule has 0 aromatic heterocycles. The molecule has 0 radical (unpaired) electrons. The van der Waals surface area contributed by atoms with E-state index in [2.05, 4.69) is 4.72 Å². The Morgan fingerprint density at radius 2 is 2.06 bits per heavy atom. The molecule has 0 aliphatic rings. The van der Waals surface area contributed by atoms with E-state index in [0.717, 1.165) is 0 Å². The van der Waals surface area contributed by atoms with E-state index in [0.29, 0.717) is 6.61 Å². The van der Waals surface area contributed by atoms with Crippen molar-refractivity contribution in [3.63, 3.8) is 0 Å². The van der Waals surface area contributed by atoms with Gasteiger partial charge in [0, 0.05) is 6.54 Å². The van der Waals surface area contributed by atoms with Crippen LogP contribution in [0.1, 0.15) is 19.4 Å². The molecule has 0 bridgehead atoms. The molecule has 0 aliphatic carbocycles. The Balaban J connectivity index is 2.72. The van der Waals surface area contributed by atoms with Gasteiger partial charge in [-0.25, -0.2) is 13.1 Å². The van der Waals surface area contributed by atoms with Gasteiger partial charge in [0.05, 0.1) is 23.2 Å². The summed E-state index contributed by atoms with van der Waals surface area (Å²) in [6.45, 7) is 4.23. The van der Waals surface area contributed by atoms with Gasteiger partial charge in [0.25, 0.3) is 0 Å². The maximum absolute atomic E-state index is 11.9. The summed E-state index contributed by atoms with van der Waals surface area (Å²) >= 11 is 0. The third kappa shape index (κ3) is 4.11. The zero-order valence-electron chi connectivity index (χ0n) is 10.4. The van der Waals surface area contributed by atoms with E-state index in [1.165, 1.54) is 12.1 Å². The van der Waals surface area contributed by atoms with Crippen molar-refractivity contribution in [1.29, 1.82) is 5.26 Å². The number of sulfonamides is 1. The van der Waals surface area contributed by atoms with Crippen LogP contribution in [0.3, 0.4) is 0 Å². The van der Waals surface area contributed by atoms with Gasteiger partial charge >= 0.3 is 0 Å². The van der Waals surface area contributed by atoms with E-state index in [1.54, 1.807) is 12.1 Å². The van der Waals surface area contributed by atoms with Gasteiger partial charge in [-0.2, -0.15) is 5.26 Å². The average Bonchev–Trinajstić information content (AvgIpc) is 2.34. The number of nitriles is 1. The lowest BCUT2D eigenvalue weighted by molar-refractivity contribution is 0.0834. The number of rotatable bonds is 6. The van der Waals surface area contributed by atoms with Crippen LogP contribution >= 0.6 is 0 Å². The van der Waals surface area contributed by atoms with Crippen molar-refractivity contribution in [1.82, 2.24) is 4.72 Å². The molecule has 0 saturated heterocycles. The first-order chi connectivity index (χ1) is 8.47. The maximum atomic E-state index is 11.9. The van der Waals surface area contributed by atoms with Crippen LogP contribution in [0.2, 0.25) is 0 Å². The summed E-state index contributed by atoms with van der Waals surface area (Å²) in [7, 11) is -3.65. The number of nitrogens with zero attached hydrogens (tertiary/aromatic N) is 1. The molecule has 5 nitrogen and oxygen atoms in total. The lowest BCUT2D eigenvalue weighted by Crippen LogP contribution is -2.28. The summed E-state index contributed by atoms with van der Waals surface area (Å²) < 4.78 is 31.5. The van der Waals surface area contributed by atoms with Crippen LogP contribution in [0.5, 0.6) is 0 Å². The third-order valence-corrected chi connectivity index (χ3v) is 3.66. The molecule has 1 aromatic carbocycles. The van der Waals surface area contributed by atoms with E-state index in [4.69, 9.17) is 10.00 Å². The highest BCUT2D eigenvalue weighted by Crippen LogP contribution is 2.13. The Hall–Kier alpha value is -1.42. The molecule has 0 atom stereocenters. The van der Waals surface area contributed by atoms with Gasteiger partial charge in [-0.1, -0.05) is 12.1 Å². The monoisotopic (exact) mass is 268 g/mol. The summed E-state index contributed by atoms with van der Waals surface area (Å²) in [5.74, 6) is 0. The molecule has 1 aromatic rings. The standard InChI is InChI=1S/C12H16N2O3S/c1-10(2)17-8-7-14-18(15,16)12-6-4-3-5-11(12)9-13/h3-6,10,14H,7-8H2,1-2H3. The van der Waals surface area contributed by atoms with Gasteiger partial charge < -0.3 is 4.74 Å². The minimum absolute atomic E-state index is 0.00273. The Labute approximate surface area is 107 Å². The molecule has 0 spiro atoms. The van der Waals surface area contributed by atoms with Crippen LogP contribution < -0.4 is 4.72 Å². The molecular weight excluding hydrogens is 252 g/mol. The lowest BCUT2D eigenvalue weighted by atomic mass is 10.2. The fraction of sp³-hybridized carbons (Fsp3) is 0.417. The van der Waals surface area contributed by atoms with Crippen LogP contribution in [0.15, 0.2) is 29.2 Å². The Kier molecular flexibility index (Phi) is 5.28. The number of benzene rings is 1. The van der Waals surface area contributed by atoms with E-state index >= 15 is 0 Å². The molecule has 0 fully saturated rings. The predicted octanol–water partition coefficient (Wildman–Crippen LogP) is 1.26. The molecule has 98 valence electrons. The first-order valence-electron chi connectivity index (χ1n) is 5.58. The topological polar surface area (TPSA) is 79.2 Å². The molecule has 1 N–H and O–H groups in total. The van der Waals surface area contributed by atoms with Gasteiger partial charge in [-0.05, 0) is 26.0 Å². The molecule has 0 aliphatic heterocycles. The normalized spacial score (nSPS) is 11.4. The number of ether oxygens (including phenoxy) is 1. The molecular formula is C12H16N2O3S. The number of hydrogen-bond donors (Lipinski definition) is 1. The highest BCUT2D eigenvalue weighted by atomic mass is 32.2. The lowest BCUT2D eigenvalue weighted by Gasteiger charge is -2.10. The molecule has 6 heteroatoms. The maximum Gasteiger partial charge on any atom is 0.241 e. The summed E-state index contributed by atoms with van der Waals surface area (Å²) in [5, 5.41) is 8.86. The van der Waals surface area contributed by atoms with Crippen molar-refractivity contribution in [3.05, 3.63) is 29.8 Å². The number of nitrogens with one attached hydrogen (secondary N) is 1. The summed E-state index contributed by atoms with van der Waals surface area (Å²) in [4.78, 5) is -0.00273. The molecule has 0 unspecified atom stereocenters. The van der Waals surface area contributed by atoms with Gasteiger partial charge in [0.1, 0.15) is 6.07 Å². The fourth-order valence-corrected chi connectivity index (χ4v) is 2.51. The van der Waals surface area contributed by atoms with E-state index in [9.17, 15) is 8.42 Å². The Morgan fingerprint density at radius 3 is 2.67 bits per heavy atom. The number of hydrogen-bond acceptors (Lipinski definition) is 4. The van der Waals surface area contributed by atoms with Crippen molar-refractivity contribution in [3.8, 4) is 6.07 Å². The van der Waals surface area contributed by atoms with Crippen molar-refractivity contribution in [2.75, 3.05) is 13.2 Å². The fourth-order valence-electron chi connectivity index (χ4n) is 1.34. The van der Waals surface area contributed by atoms with Crippen molar-refractivity contribution in [2.24, 2.45) is 0 Å². The van der Waals surface area contributed by atoms with E-state index in [1.807, 2.05) is 19.9 Å². The summed E-state index contributed by atoms with van der Waals surface area (Å²) in [6, 6.07) is 7.95. The van der Waals surface area contributed by atoms with Gasteiger partial charge in [0.15, 0.2) is 0 Å². The zero-order chi connectivity index (χ0) is 13.6. The highest BCUT2D eigenvalue weighted by molar-refractivity contribution is 7.89. The van der Waals surface area contributed by atoms with Crippen LogP contribution in [0.25, 0.3) is 0 Å². The van der Waals surface area contributed by atoms with Crippen molar-refractivity contribution >= 4 is 10.0 Å². The Morgan fingerprint density at radius 1 is 1.39 bits per heavy atom. The summed E-state index contributed by atoms with van der Waals surface area (Å²) in [6.07, 6.45) is 0.0564. The second kappa shape index (κ2) is 6.50. The average molecular weight is 268 g/mol. The molecule has 0 amide bonds. The smallest absolute Gasteiger partial charge is 0.241 e. The van der Waals surface area contributed by atoms with E-state index in [-0.39, 0.29) is 23.1 Å². The molecule has 1 rings (SSSR count). The SMILES string of the molecule is CC(C)OCCNS(=O)(=O)c1ccccc1C#N. The molecule has 18 heavy (non-hydrogen) atoms. The first-order valence-corrected chi connectivity index (χ1v) is 7.06. The largest absolute Gasteiger partial charge is 0.377 e. The minimum Gasteiger partial charge on any atom is -0.377 e. The minimum atomic E-state index is -3.65. The Bertz CT molecular complexity index is 532.